The van der Waals surface area contributed by atoms with Gasteiger partial charge in [-0.05, 0) is 56.5 Å². The van der Waals surface area contributed by atoms with Crippen LogP contribution in [0.1, 0.15) is 57.2 Å². The van der Waals surface area contributed by atoms with Gasteiger partial charge in [-0.2, -0.15) is 0 Å². The Hall–Kier alpha value is -0.860. The standard InChI is InChI=1S/C19H33NO/c1-7-19(8-2,20(9-3)10-4)18(21)14-17-15(5)12-11-13-16(17)6/h11-13,18,21H,7-10,14H2,1-6H3. The second-order valence-electron chi connectivity index (χ2n) is 6.07. The molecule has 1 aromatic carbocycles. The van der Waals surface area contributed by atoms with Crippen LogP contribution in [0.15, 0.2) is 18.2 Å². The summed E-state index contributed by atoms with van der Waals surface area (Å²) in [6, 6.07) is 6.38. The summed E-state index contributed by atoms with van der Waals surface area (Å²) in [4.78, 5) is 2.44. The average molecular weight is 291 g/mol. The second kappa shape index (κ2) is 7.95. The Labute approximate surface area is 131 Å². The van der Waals surface area contributed by atoms with Gasteiger partial charge in [0.2, 0.25) is 0 Å². The van der Waals surface area contributed by atoms with Gasteiger partial charge in [-0.1, -0.05) is 45.9 Å². The van der Waals surface area contributed by atoms with Gasteiger partial charge < -0.3 is 5.11 Å². The van der Waals surface area contributed by atoms with Crippen molar-refractivity contribution in [1.82, 2.24) is 4.90 Å². The van der Waals surface area contributed by atoms with Crippen LogP contribution in [0.5, 0.6) is 0 Å². The van der Waals surface area contributed by atoms with Crippen molar-refractivity contribution in [2.75, 3.05) is 13.1 Å². The molecule has 0 aliphatic carbocycles. The average Bonchev–Trinajstić information content (AvgIpc) is 2.48. The molecule has 1 N–H and O–H groups in total. The van der Waals surface area contributed by atoms with Crippen LogP contribution >= 0.6 is 0 Å². The normalized spacial score (nSPS) is 13.7. The molecule has 0 spiro atoms. The van der Waals surface area contributed by atoms with Gasteiger partial charge in [-0.15, -0.1) is 0 Å². The van der Waals surface area contributed by atoms with Crippen molar-refractivity contribution in [2.45, 2.75) is 72.4 Å². The van der Waals surface area contributed by atoms with Gasteiger partial charge in [0.25, 0.3) is 0 Å². The fourth-order valence-electron chi connectivity index (χ4n) is 3.79. The highest BCUT2D eigenvalue weighted by Gasteiger charge is 2.39. The first-order valence-corrected chi connectivity index (χ1v) is 8.44. The number of hydrogen-bond acceptors (Lipinski definition) is 2. The van der Waals surface area contributed by atoms with E-state index in [9.17, 15) is 5.11 Å². The van der Waals surface area contributed by atoms with Gasteiger partial charge in [-0.3, -0.25) is 4.90 Å². The minimum atomic E-state index is -0.327. The molecule has 0 heterocycles. The number of aryl methyl sites for hydroxylation is 2. The van der Waals surface area contributed by atoms with Gasteiger partial charge in [0, 0.05) is 12.0 Å². The van der Waals surface area contributed by atoms with E-state index in [2.05, 4.69) is 64.6 Å². The predicted octanol–water partition coefficient (Wildman–Crippen LogP) is 4.11. The lowest BCUT2D eigenvalue weighted by Gasteiger charge is -2.46. The molecule has 120 valence electrons. The van der Waals surface area contributed by atoms with Crippen molar-refractivity contribution in [3.63, 3.8) is 0 Å². The van der Waals surface area contributed by atoms with Crippen molar-refractivity contribution < 1.29 is 5.11 Å². The van der Waals surface area contributed by atoms with E-state index in [0.29, 0.717) is 0 Å². The van der Waals surface area contributed by atoms with Crippen LogP contribution in [0.4, 0.5) is 0 Å². The summed E-state index contributed by atoms with van der Waals surface area (Å²) in [6.07, 6.45) is 2.39. The zero-order valence-electron chi connectivity index (χ0n) is 14.7. The Balaban J connectivity index is 3.10. The minimum Gasteiger partial charge on any atom is -0.391 e. The second-order valence-corrected chi connectivity index (χ2v) is 6.07. The van der Waals surface area contributed by atoms with E-state index >= 15 is 0 Å². The highest BCUT2D eigenvalue weighted by Crippen LogP contribution is 2.31. The molecule has 0 aliphatic rings. The number of rotatable bonds is 8. The molecular weight excluding hydrogens is 258 g/mol. The first kappa shape index (κ1) is 18.2. The monoisotopic (exact) mass is 291 g/mol. The molecule has 0 aromatic heterocycles. The van der Waals surface area contributed by atoms with E-state index in [1.54, 1.807) is 0 Å². The lowest BCUT2D eigenvalue weighted by molar-refractivity contribution is -0.0342. The van der Waals surface area contributed by atoms with Crippen LogP contribution in [0, 0.1) is 13.8 Å². The number of aliphatic hydroxyl groups is 1. The summed E-state index contributed by atoms with van der Waals surface area (Å²) in [5, 5.41) is 11.1. The zero-order chi connectivity index (χ0) is 16.0. The molecule has 0 saturated heterocycles. The fraction of sp³-hybridized carbons (Fsp3) is 0.684. The predicted molar refractivity (Wildman–Crippen MR) is 91.9 cm³/mol. The van der Waals surface area contributed by atoms with E-state index in [1.165, 1.54) is 16.7 Å². The molecule has 0 saturated carbocycles. The van der Waals surface area contributed by atoms with Crippen molar-refractivity contribution in [3.05, 3.63) is 34.9 Å². The lowest BCUT2D eigenvalue weighted by Crippen LogP contribution is -2.56. The van der Waals surface area contributed by atoms with Crippen molar-refractivity contribution in [1.29, 1.82) is 0 Å². The molecule has 2 heteroatoms. The number of likely N-dealkylation sites (N-methyl/N-ethyl adjacent to an activating group) is 1. The molecule has 2 nitrogen and oxygen atoms in total. The molecular formula is C19H33NO. The Kier molecular flexibility index (Phi) is 6.89. The van der Waals surface area contributed by atoms with Crippen LogP contribution in [-0.4, -0.2) is 34.7 Å². The van der Waals surface area contributed by atoms with Crippen LogP contribution in [0.25, 0.3) is 0 Å². The number of benzene rings is 1. The molecule has 0 aliphatic heterocycles. The Morgan fingerprint density at radius 1 is 1.00 bits per heavy atom. The van der Waals surface area contributed by atoms with Gasteiger partial charge in [0.05, 0.1) is 6.10 Å². The summed E-state index contributed by atoms with van der Waals surface area (Å²) in [6.45, 7) is 15.1. The van der Waals surface area contributed by atoms with E-state index in [-0.39, 0.29) is 11.6 Å². The highest BCUT2D eigenvalue weighted by atomic mass is 16.3. The van der Waals surface area contributed by atoms with Crippen LogP contribution in [0.3, 0.4) is 0 Å². The quantitative estimate of drug-likeness (QED) is 0.779. The molecule has 0 bridgehead atoms. The van der Waals surface area contributed by atoms with Crippen molar-refractivity contribution in [3.8, 4) is 0 Å². The molecule has 1 unspecified atom stereocenters. The Morgan fingerprint density at radius 2 is 1.48 bits per heavy atom. The maximum absolute atomic E-state index is 11.1. The lowest BCUT2D eigenvalue weighted by atomic mass is 9.80. The van der Waals surface area contributed by atoms with Gasteiger partial charge >= 0.3 is 0 Å². The number of aliphatic hydroxyl groups excluding tert-OH is 1. The van der Waals surface area contributed by atoms with E-state index in [0.717, 1.165) is 32.4 Å². The summed E-state index contributed by atoms with van der Waals surface area (Å²) in [5.41, 5.74) is 3.77. The van der Waals surface area contributed by atoms with Crippen LogP contribution in [-0.2, 0) is 6.42 Å². The van der Waals surface area contributed by atoms with E-state index < -0.39 is 0 Å². The smallest absolute Gasteiger partial charge is 0.0764 e. The zero-order valence-corrected chi connectivity index (χ0v) is 14.7. The Morgan fingerprint density at radius 3 is 1.86 bits per heavy atom. The van der Waals surface area contributed by atoms with Gasteiger partial charge in [0.1, 0.15) is 0 Å². The number of hydrogen-bond donors (Lipinski definition) is 1. The summed E-state index contributed by atoms with van der Waals surface area (Å²) in [7, 11) is 0. The van der Waals surface area contributed by atoms with E-state index in [1.807, 2.05) is 0 Å². The highest BCUT2D eigenvalue weighted by molar-refractivity contribution is 5.34. The van der Waals surface area contributed by atoms with Crippen LogP contribution in [0.2, 0.25) is 0 Å². The molecule has 0 fully saturated rings. The SMILES string of the molecule is CCN(CC)C(CC)(CC)C(O)Cc1c(C)cccc1C. The summed E-state index contributed by atoms with van der Waals surface area (Å²) < 4.78 is 0. The van der Waals surface area contributed by atoms with Crippen molar-refractivity contribution >= 4 is 0 Å². The number of nitrogens with zero attached hydrogens (tertiary/aromatic N) is 1. The minimum absolute atomic E-state index is 0.113. The first-order chi connectivity index (χ1) is 9.96. The summed E-state index contributed by atoms with van der Waals surface area (Å²) >= 11 is 0. The molecule has 0 radical (unpaired) electrons. The third kappa shape index (κ3) is 3.67. The molecule has 1 aromatic rings. The largest absolute Gasteiger partial charge is 0.391 e. The fourth-order valence-corrected chi connectivity index (χ4v) is 3.79. The third-order valence-corrected chi connectivity index (χ3v) is 5.28. The summed E-state index contributed by atoms with van der Waals surface area (Å²) in [5.74, 6) is 0. The van der Waals surface area contributed by atoms with E-state index in [4.69, 9.17) is 0 Å². The molecule has 1 atom stereocenters. The van der Waals surface area contributed by atoms with Crippen molar-refractivity contribution in [2.24, 2.45) is 0 Å². The van der Waals surface area contributed by atoms with Crippen LogP contribution < -0.4 is 0 Å². The maximum Gasteiger partial charge on any atom is 0.0764 e. The van der Waals surface area contributed by atoms with Gasteiger partial charge in [0.15, 0.2) is 0 Å². The molecule has 21 heavy (non-hydrogen) atoms. The Bertz CT molecular complexity index is 413. The third-order valence-electron chi connectivity index (χ3n) is 5.28. The maximum atomic E-state index is 11.1. The first-order valence-electron chi connectivity index (χ1n) is 8.44. The van der Waals surface area contributed by atoms with Gasteiger partial charge in [-0.25, -0.2) is 0 Å². The topological polar surface area (TPSA) is 23.5 Å². The molecule has 1 rings (SSSR count). The molecule has 0 amide bonds.